The SMILES string of the molecule is COc1ccc(-c2c(C)[nH]n3c(=O)cc(C)nc23)cc1. The van der Waals surface area contributed by atoms with E-state index in [4.69, 9.17) is 4.74 Å². The molecule has 5 nitrogen and oxygen atoms in total. The third-order valence-electron chi connectivity index (χ3n) is 3.30. The van der Waals surface area contributed by atoms with Crippen LogP contribution in [0.3, 0.4) is 0 Å². The van der Waals surface area contributed by atoms with Gasteiger partial charge in [-0.25, -0.2) is 9.50 Å². The summed E-state index contributed by atoms with van der Waals surface area (Å²) in [6.45, 7) is 3.75. The number of aromatic nitrogens is 3. The second-order valence-electron chi connectivity index (χ2n) is 4.74. The minimum atomic E-state index is -0.102. The standard InChI is InChI=1S/C15H15N3O2/c1-9-8-13(19)18-15(16-9)14(10(2)17-18)11-4-6-12(20-3)7-5-11/h4-8,17H,1-3H3. The van der Waals surface area contributed by atoms with Crippen LogP contribution >= 0.6 is 0 Å². The van der Waals surface area contributed by atoms with Crippen LogP contribution in [0.5, 0.6) is 5.75 Å². The number of nitrogens with one attached hydrogen (secondary N) is 1. The Morgan fingerprint density at radius 2 is 1.90 bits per heavy atom. The molecule has 0 saturated heterocycles. The zero-order chi connectivity index (χ0) is 14.3. The van der Waals surface area contributed by atoms with Gasteiger partial charge < -0.3 is 4.74 Å². The van der Waals surface area contributed by atoms with Crippen molar-refractivity contribution in [2.45, 2.75) is 13.8 Å². The molecule has 0 aliphatic heterocycles. The lowest BCUT2D eigenvalue weighted by Crippen LogP contribution is -2.14. The number of methoxy groups -OCH3 is 1. The van der Waals surface area contributed by atoms with Crippen LogP contribution in [0.15, 0.2) is 35.1 Å². The molecule has 0 fully saturated rings. The van der Waals surface area contributed by atoms with Crippen molar-refractivity contribution in [1.82, 2.24) is 14.6 Å². The summed E-state index contributed by atoms with van der Waals surface area (Å²) < 4.78 is 6.64. The van der Waals surface area contributed by atoms with Crippen molar-refractivity contribution in [1.29, 1.82) is 0 Å². The Kier molecular flexibility index (Phi) is 2.82. The van der Waals surface area contributed by atoms with Gasteiger partial charge >= 0.3 is 0 Å². The van der Waals surface area contributed by atoms with Crippen molar-refractivity contribution < 1.29 is 4.74 Å². The molecule has 0 amide bonds. The molecular formula is C15H15N3O2. The van der Waals surface area contributed by atoms with E-state index in [1.165, 1.54) is 10.6 Å². The minimum absolute atomic E-state index is 0.102. The topological polar surface area (TPSA) is 59.4 Å². The smallest absolute Gasteiger partial charge is 0.272 e. The first-order valence-electron chi connectivity index (χ1n) is 6.33. The van der Waals surface area contributed by atoms with Crippen molar-refractivity contribution in [3.63, 3.8) is 0 Å². The molecule has 0 spiro atoms. The van der Waals surface area contributed by atoms with E-state index in [2.05, 4.69) is 10.1 Å². The first kappa shape index (κ1) is 12.5. The molecule has 0 unspecified atom stereocenters. The lowest BCUT2D eigenvalue weighted by molar-refractivity contribution is 0.415. The average molecular weight is 269 g/mol. The van der Waals surface area contributed by atoms with E-state index in [1.807, 2.05) is 38.1 Å². The van der Waals surface area contributed by atoms with E-state index in [0.717, 1.165) is 22.6 Å². The van der Waals surface area contributed by atoms with Crippen LogP contribution in [0.4, 0.5) is 0 Å². The van der Waals surface area contributed by atoms with Gasteiger partial charge in [0.2, 0.25) is 0 Å². The van der Waals surface area contributed by atoms with Gasteiger partial charge in [-0.1, -0.05) is 12.1 Å². The van der Waals surface area contributed by atoms with Crippen molar-refractivity contribution in [2.24, 2.45) is 0 Å². The van der Waals surface area contributed by atoms with E-state index < -0.39 is 0 Å². The van der Waals surface area contributed by atoms with Gasteiger partial charge in [-0.05, 0) is 31.5 Å². The Balaban J connectivity index is 2.29. The van der Waals surface area contributed by atoms with Crippen LogP contribution in [-0.2, 0) is 0 Å². The molecule has 3 aromatic rings. The summed E-state index contributed by atoms with van der Waals surface area (Å²) in [4.78, 5) is 16.4. The van der Waals surface area contributed by atoms with E-state index in [1.54, 1.807) is 7.11 Å². The summed E-state index contributed by atoms with van der Waals surface area (Å²) in [7, 11) is 1.64. The van der Waals surface area contributed by atoms with Crippen molar-refractivity contribution in [3.05, 3.63) is 52.1 Å². The molecule has 20 heavy (non-hydrogen) atoms. The fourth-order valence-corrected chi connectivity index (χ4v) is 2.37. The normalized spacial score (nSPS) is 10.9. The van der Waals surface area contributed by atoms with Crippen molar-refractivity contribution in [2.75, 3.05) is 7.11 Å². The highest BCUT2D eigenvalue weighted by Crippen LogP contribution is 2.28. The summed E-state index contributed by atoms with van der Waals surface area (Å²) in [5, 5.41) is 3.06. The number of ether oxygens (including phenoxy) is 1. The van der Waals surface area contributed by atoms with Crippen molar-refractivity contribution in [3.8, 4) is 16.9 Å². The number of benzene rings is 1. The summed E-state index contributed by atoms with van der Waals surface area (Å²) >= 11 is 0. The van der Waals surface area contributed by atoms with Crippen molar-refractivity contribution >= 4 is 5.65 Å². The van der Waals surface area contributed by atoms with Gasteiger partial charge in [-0.3, -0.25) is 9.89 Å². The lowest BCUT2D eigenvalue weighted by Gasteiger charge is -2.03. The average Bonchev–Trinajstić information content (AvgIpc) is 2.76. The predicted octanol–water partition coefficient (Wildman–Crippen LogP) is 2.32. The van der Waals surface area contributed by atoms with Gasteiger partial charge in [0.1, 0.15) is 5.75 Å². The predicted molar refractivity (Wildman–Crippen MR) is 77.3 cm³/mol. The molecule has 1 N–H and O–H groups in total. The van der Waals surface area contributed by atoms with E-state index >= 15 is 0 Å². The Morgan fingerprint density at radius 1 is 1.20 bits per heavy atom. The summed E-state index contributed by atoms with van der Waals surface area (Å²) in [5.41, 5.74) is 4.11. The fourth-order valence-electron chi connectivity index (χ4n) is 2.37. The number of H-pyrrole nitrogens is 1. The van der Waals surface area contributed by atoms with Crippen LogP contribution in [0.1, 0.15) is 11.4 Å². The van der Waals surface area contributed by atoms with Gasteiger partial charge in [0.15, 0.2) is 5.65 Å². The molecule has 2 heterocycles. The highest BCUT2D eigenvalue weighted by Gasteiger charge is 2.13. The molecular weight excluding hydrogens is 254 g/mol. The second-order valence-corrected chi connectivity index (χ2v) is 4.74. The quantitative estimate of drug-likeness (QED) is 0.776. The molecule has 0 saturated carbocycles. The van der Waals surface area contributed by atoms with Gasteiger partial charge in [-0.15, -0.1) is 0 Å². The molecule has 0 atom stereocenters. The first-order valence-corrected chi connectivity index (χ1v) is 6.33. The molecule has 2 aromatic heterocycles. The Labute approximate surface area is 115 Å². The number of fused-ring (bicyclic) bond motifs is 1. The summed E-state index contributed by atoms with van der Waals surface area (Å²) in [5.74, 6) is 0.799. The second kappa shape index (κ2) is 4.52. The monoisotopic (exact) mass is 269 g/mol. The van der Waals surface area contributed by atoms with Gasteiger partial charge in [0.25, 0.3) is 5.56 Å². The maximum Gasteiger partial charge on any atom is 0.272 e. The molecule has 0 aliphatic carbocycles. The first-order chi connectivity index (χ1) is 9.60. The lowest BCUT2D eigenvalue weighted by atomic mass is 10.1. The largest absolute Gasteiger partial charge is 0.497 e. The highest BCUT2D eigenvalue weighted by molar-refractivity contribution is 5.80. The molecule has 5 heteroatoms. The zero-order valence-electron chi connectivity index (χ0n) is 11.6. The molecule has 102 valence electrons. The number of nitrogens with zero attached hydrogens (tertiary/aromatic N) is 2. The van der Waals surface area contributed by atoms with Crippen LogP contribution in [-0.4, -0.2) is 21.7 Å². The van der Waals surface area contributed by atoms with E-state index in [0.29, 0.717) is 11.3 Å². The Bertz CT molecular complexity index is 829. The summed E-state index contributed by atoms with van der Waals surface area (Å²) in [6, 6.07) is 9.23. The van der Waals surface area contributed by atoms with E-state index in [9.17, 15) is 4.79 Å². The maximum atomic E-state index is 12.0. The molecule has 0 radical (unpaired) electrons. The van der Waals surface area contributed by atoms with Gasteiger partial charge in [0, 0.05) is 23.0 Å². The van der Waals surface area contributed by atoms with Crippen LogP contribution in [0.25, 0.3) is 16.8 Å². The van der Waals surface area contributed by atoms with Crippen LogP contribution in [0.2, 0.25) is 0 Å². The van der Waals surface area contributed by atoms with Crippen LogP contribution in [0, 0.1) is 13.8 Å². The van der Waals surface area contributed by atoms with E-state index in [-0.39, 0.29) is 5.56 Å². The molecule has 0 bridgehead atoms. The van der Waals surface area contributed by atoms with Gasteiger partial charge in [0.05, 0.1) is 7.11 Å². The minimum Gasteiger partial charge on any atom is -0.497 e. The highest BCUT2D eigenvalue weighted by atomic mass is 16.5. The number of aromatic amines is 1. The zero-order valence-corrected chi connectivity index (χ0v) is 11.6. The third kappa shape index (κ3) is 1.87. The fraction of sp³-hybridized carbons (Fsp3) is 0.200. The summed E-state index contributed by atoms with van der Waals surface area (Å²) in [6.07, 6.45) is 0. The number of hydrogen-bond acceptors (Lipinski definition) is 3. The number of hydrogen-bond donors (Lipinski definition) is 1. The van der Waals surface area contributed by atoms with Crippen LogP contribution < -0.4 is 10.3 Å². The molecule has 1 aromatic carbocycles. The molecule has 0 aliphatic rings. The Hall–Kier alpha value is -2.56. The molecule has 3 rings (SSSR count). The van der Waals surface area contributed by atoms with Gasteiger partial charge in [-0.2, -0.15) is 0 Å². The third-order valence-corrected chi connectivity index (χ3v) is 3.30. The number of aryl methyl sites for hydroxylation is 2. The maximum absolute atomic E-state index is 12.0. The number of rotatable bonds is 2. The Morgan fingerprint density at radius 3 is 2.55 bits per heavy atom.